The Hall–Kier alpha value is -5.20. The first-order valence-electron chi connectivity index (χ1n) is 14.6. The van der Waals surface area contributed by atoms with Gasteiger partial charge in [-0.15, -0.1) is 0 Å². The molecule has 0 radical (unpaired) electrons. The van der Waals surface area contributed by atoms with Crippen LogP contribution in [0.25, 0.3) is 31.8 Å². The zero-order valence-electron chi connectivity index (χ0n) is 25.6. The summed E-state index contributed by atoms with van der Waals surface area (Å²) < 4.78 is 8.42. The lowest BCUT2D eigenvalue weighted by Crippen LogP contribution is -2.38. The van der Waals surface area contributed by atoms with Crippen LogP contribution in [0.3, 0.4) is 0 Å². The third kappa shape index (κ3) is 8.68. The van der Waals surface area contributed by atoms with Crippen molar-refractivity contribution < 1.29 is 14.3 Å². The largest absolute Gasteiger partial charge is 0.460 e. The van der Waals surface area contributed by atoms with E-state index in [4.69, 9.17) is 17.9 Å². The van der Waals surface area contributed by atoms with Gasteiger partial charge >= 0.3 is 5.97 Å². The Morgan fingerprint density at radius 1 is 0.911 bits per heavy atom. The van der Waals surface area contributed by atoms with Crippen LogP contribution in [-0.4, -0.2) is 61.5 Å². The first-order valence-corrected chi connectivity index (χ1v) is 14.6. The zero-order chi connectivity index (χ0) is 32.6. The molecule has 0 spiro atoms. The summed E-state index contributed by atoms with van der Waals surface area (Å²) >= 11 is 0. The van der Waals surface area contributed by atoms with Gasteiger partial charge in [-0.05, 0) is 76.9 Å². The van der Waals surface area contributed by atoms with Gasteiger partial charge in [0.15, 0.2) is 0 Å². The number of aromatic nitrogens is 4. The van der Waals surface area contributed by atoms with E-state index in [9.17, 15) is 19.2 Å². The maximum atomic E-state index is 12.4. The number of rotatable bonds is 7. The van der Waals surface area contributed by atoms with E-state index < -0.39 is 5.60 Å². The molecule has 0 saturated carbocycles. The van der Waals surface area contributed by atoms with Crippen molar-refractivity contribution in [3.05, 3.63) is 92.3 Å². The highest BCUT2D eigenvalue weighted by atomic mass is 16.6. The molecule has 1 aliphatic rings. The number of likely N-dealkylation sites (tertiary alicyclic amines) is 1. The monoisotopic (exact) mass is 609 g/mol. The third-order valence-corrected chi connectivity index (χ3v) is 7.38. The van der Waals surface area contributed by atoms with Crippen LogP contribution in [-0.2, 0) is 27.4 Å². The van der Waals surface area contributed by atoms with Crippen molar-refractivity contribution in [2.75, 3.05) is 19.6 Å². The molecular formula is C33H35N7O5. The van der Waals surface area contributed by atoms with Crippen LogP contribution in [0.5, 0.6) is 0 Å². The van der Waals surface area contributed by atoms with Crippen LogP contribution in [0, 0.1) is 19.1 Å². The quantitative estimate of drug-likeness (QED) is 0.170. The number of pyridine rings is 4. The molecule has 4 aromatic rings. The number of hydrogen-bond acceptors (Lipinski definition) is 8. The molecule has 1 saturated heterocycles. The van der Waals surface area contributed by atoms with E-state index in [1.165, 1.54) is 29.1 Å². The first-order chi connectivity index (χ1) is 21.5. The average molecular weight is 610 g/mol. The number of carbonyl (C=O) groups excluding carboxylic acids is 2. The molecule has 0 unspecified atom stereocenters. The minimum atomic E-state index is -0.439. The zero-order valence-corrected chi connectivity index (χ0v) is 25.6. The summed E-state index contributed by atoms with van der Waals surface area (Å²) in [5.74, 6) is 0.230. The lowest BCUT2D eigenvalue weighted by molar-refractivity contribution is -0.156. The number of aldehydes is 1. The summed E-state index contributed by atoms with van der Waals surface area (Å²) in [5, 5.41) is 0. The molecule has 0 amide bonds. The highest BCUT2D eigenvalue weighted by Crippen LogP contribution is 2.23. The molecule has 4 aromatic heterocycles. The van der Waals surface area contributed by atoms with Crippen molar-refractivity contribution >= 4 is 45.7 Å². The van der Waals surface area contributed by atoms with Gasteiger partial charge in [0.25, 0.3) is 11.1 Å². The predicted octanol–water partition coefficient (Wildman–Crippen LogP) is 4.54. The maximum Gasteiger partial charge on any atom is 0.306 e. The summed E-state index contributed by atoms with van der Waals surface area (Å²) in [6, 6.07) is 9.44. The lowest BCUT2D eigenvalue weighted by Gasteiger charge is -2.32. The molecule has 0 bridgehead atoms. The SMILES string of the molecule is [C-]#[N+]c1cnc2ccc(=O)n(CC=O)c2c1.[C-]#[N+]c1cnc2ccc(=O)n(CCN3CCC(CC(=O)OC(C)(C)C)CC3)c2c1. The molecule has 0 N–H and O–H groups in total. The molecule has 0 atom stereocenters. The van der Waals surface area contributed by atoms with E-state index in [1.807, 2.05) is 20.8 Å². The summed E-state index contributed by atoms with van der Waals surface area (Å²) in [5.41, 5.74) is 2.49. The standard InChI is InChI=1S/C22H28N4O3.C11H7N3O2/c1-22(2,3)29-21(28)13-16-7-9-25(10-8-16)11-12-26-19-14-17(23-4)15-24-18(19)5-6-20(26)27;1-12-8-6-10-9(13-7-8)2-3-11(16)14(10)4-5-15/h5-6,14-16H,7-13H2,1-3H3;2-3,5-7H,4H2. The van der Waals surface area contributed by atoms with Gasteiger partial charge in [-0.2, -0.15) is 0 Å². The van der Waals surface area contributed by atoms with E-state index >= 15 is 0 Å². The summed E-state index contributed by atoms with van der Waals surface area (Å²) in [6.07, 6.45) is 5.98. The van der Waals surface area contributed by atoms with Crippen LogP contribution in [0.1, 0.15) is 40.0 Å². The van der Waals surface area contributed by atoms with Crippen LogP contribution in [0.4, 0.5) is 11.4 Å². The van der Waals surface area contributed by atoms with E-state index in [0.29, 0.717) is 58.6 Å². The second-order valence-corrected chi connectivity index (χ2v) is 11.8. The Morgan fingerprint density at radius 3 is 1.96 bits per heavy atom. The molecule has 12 nitrogen and oxygen atoms in total. The van der Waals surface area contributed by atoms with Gasteiger partial charge in [-0.3, -0.25) is 24.4 Å². The van der Waals surface area contributed by atoms with Gasteiger partial charge in [0, 0.05) is 44.0 Å². The van der Waals surface area contributed by atoms with Crippen molar-refractivity contribution in [2.24, 2.45) is 5.92 Å². The van der Waals surface area contributed by atoms with Gasteiger partial charge in [0.2, 0.25) is 11.4 Å². The number of nitrogens with zero attached hydrogens (tertiary/aromatic N) is 7. The van der Waals surface area contributed by atoms with E-state index in [2.05, 4.69) is 24.6 Å². The Labute approximate surface area is 260 Å². The highest BCUT2D eigenvalue weighted by molar-refractivity contribution is 5.79. The van der Waals surface area contributed by atoms with E-state index in [1.54, 1.807) is 28.8 Å². The number of esters is 1. The third-order valence-electron chi connectivity index (χ3n) is 7.38. The van der Waals surface area contributed by atoms with Crippen molar-refractivity contribution in [3.8, 4) is 0 Å². The van der Waals surface area contributed by atoms with Crippen LogP contribution in [0.2, 0.25) is 0 Å². The first kappa shape index (κ1) is 32.7. The predicted molar refractivity (Wildman–Crippen MR) is 170 cm³/mol. The summed E-state index contributed by atoms with van der Waals surface area (Å²) in [7, 11) is 0. The molecule has 1 fully saturated rings. The normalized spacial score (nSPS) is 13.8. The second kappa shape index (κ2) is 14.5. The summed E-state index contributed by atoms with van der Waals surface area (Å²) in [4.78, 5) is 63.7. The molecule has 232 valence electrons. The molecular weight excluding hydrogens is 574 g/mol. The van der Waals surface area contributed by atoms with Crippen molar-refractivity contribution in [1.82, 2.24) is 24.0 Å². The van der Waals surface area contributed by atoms with Gasteiger partial charge in [-0.1, -0.05) is 0 Å². The number of hydrogen-bond donors (Lipinski definition) is 0. The van der Waals surface area contributed by atoms with Gasteiger partial charge in [0.1, 0.15) is 11.9 Å². The van der Waals surface area contributed by atoms with Gasteiger partial charge < -0.3 is 23.6 Å². The fraction of sp³-hybridized carbons (Fsp3) is 0.394. The van der Waals surface area contributed by atoms with Crippen LogP contribution in [0.15, 0.2) is 58.4 Å². The molecule has 0 aliphatic carbocycles. The molecule has 45 heavy (non-hydrogen) atoms. The Kier molecular flexibility index (Phi) is 10.6. The van der Waals surface area contributed by atoms with E-state index in [0.717, 1.165) is 32.5 Å². The van der Waals surface area contributed by atoms with Crippen molar-refractivity contribution in [2.45, 2.75) is 58.7 Å². The Balaban J connectivity index is 0.000000242. The Morgan fingerprint density at radius 2 is 1.44 bits per heavy atom. The molecule has 0 aromatic carbocycles. The number of ether oxygens (including phenoxy) is 1. The molecule has 5 heterocycles. The average Bonchev–Trinajstić information content (AvgIpc) is 3.01. The van der Waals surface area contributed by atoms with Crippen molar-refractivity contribution in [3.63, 3.8) is 0 Å². The number of carbonyl (C=O) groups is 2. The number of piperidine rings is 1. The highest BCUT2D eigenvalue weighted by Gasteiger charge is 2.24. The topological polar surface area (TPSA) is 125 Å². The van der Waals surface area contributed by atoms with Crippen LogP contribution >= 0.6 is 0 Å². The lowest BCUT2D eigenvalue weighted by atomic mass is 9.93. The van der Waals surface area contributed by atoms with Gasteiger partial charge in [0.05, 0.1) is 41.8 Å². The maximum absolute atomic E-state index is 12.4. The molecule has 12 heteroatoms. The molecule has 1 aliphatic heterocycles. The van der Waals surface area contributed by atoms with Crippen LogP contribution < -0.4 is 11.1 Å². The number of fused-ring (bicyclic) bond motifs is 2. The summed E-state index contributed by atoms with van der Waals surface area (Å²) in [6.45, 7) is 22.8. The second-order valence-electron chi connectivity index (χ2n) is 11.8. The smallest absolute Gasteiger partial charge is 0.306 e. The van der Waals surface area contributed by atoms with Crippen molar-refractivity contribution in [1.29, 1.82) is 0 Å². The Bertz CT molecular complexity index is 1900. The minimum Gasteiger partial charge on any atom is -0.460 e. The fourth-order valence-corrected chi connectivity index (χ4v) is 5.20. The van der Waals surface area contributed by atoms with E-state index in [-0.39, 0.29) is 23.6 Å². The van der Waals surface area contributed by atoms with Gasteiger partial charge in [-0.25, -0.2) is 9.69 Å². The minimum absolute atomic E-state index is 0.0285. The molecule has 5 rings (SSSR count). The fourth-order valence-electron chi connectivity index (χ4n) is 5.20.